The second-order valence-corrected chi connectivity index (χ2v) is 8.73. The molecule has 1 rings (SSSR count). The van der Waals surface area contributed by atoms with Gasteiger partial charge >= 0.3 is 6.08 Å². The standard InChI is InChI=1S/C14H19F3N2O3S2/c1-9(2)4-6-22-19-10(3)12-8-18-14(23-12)24(20,21)7-5-11(15)13(16)17/h8-9H,4-7H2,1-3H3/b19-10-. The van der Waals surface area contributed by atoms with Crippen molar-refractivity contribution in [3.63, 3.8) is 0 Å². The minimum atomic E-state index is -3.93. The Hall–Kier alpha value is -1.42. The van der Waals surface area contributed by atoms with Crippen molar-refractivity contribution in [2.24, 2.45) is 11.1 Å². The zero-order valence-electron chi connectivity index (χ0n) is 13.6. The van der Waals surface area contributed by atoms with Crippen LogP contribution in [-0.4, -0.2) is 31.5 Å². The molecule has 0 amide bonds. The number of allylic oxidation sites excluding steroid dienone is 1. The molecule has 1 aromatic heterocycles. The quantitative estimate of drug-likeness (QED) is 0.364. The monoisotopic (exact) mass is 384 g/mol. The first-order chi connectivity index (χ1) is 11.1. The van der Waals surface area contributed by atoms with E-state index >= 15 is 0 Å². The molecular weight excluding hydrogens is 365 g/mol. The van der Waals surface area contributed by atoms with Gasteiger partial charge in [-0.3, -0.25) is 0 Å². The van der Waals surface area contributed by atoms with E-state index in [-0.39, 0.29) is 4.34 Å². The first-order valence-corrected chi connectivity index (χ1v) is 9.65. The number of nitrogens with zero attached hydrogens (tertiary/aromatic N) is 2. The Balaban J connectivity index is 2.73. The minimum absolute atomic E-state index is 0.263. The SMILES string of the molecule is C/C(=N/OCCC(C)C)c1cnc(S(=O)(=O)CCC(F)=C(F)F)s1. The maximum absolute atomic E-state index is 12.7. The van der Waals surface area contributed by atoms with E-state index in [1.54, 1.807) is 6.92 Å². The van der Waals surface area contributed by atoms with Crippen molar-refractivity contribution in [3.8, 4) is 0 Å². The van der Waals surface area contributed by atoms with Gasteiger partial charge in [-0.1, -0.05) is 19.0 Å². The van der Waals surface area contributed by atoms with Gasteiger partial charge in [-0.2, -0.15) is 8.78 Å². The molecule has 0 spiro atoms. The molecule has 5 nitrogen and oxygen atoms in total. The van der Waals surface area contributed by atoms with Gasteiger partial charge in [0.25, 0.3) is 0 Å². The van der Waals surface area contributed by atoms with E-state index in [0.29, 0.717) is 23.1 Å². The van der Waals surface area contributed by atoms with Gasteiger partial charge in [0.2, 0.25) is 14.2 Å². The minimum Gasteiger partial charge on any atom is -0.396 e. The van der Waals surface area contributed by atoms with Crippen LogP contribution in [-0.2, 0) is 14.7 Å². The summed E-state index contributed by atoms with van der Waals surface area (Å²) in [7, 11) is -3.93. The largest absolute Gasteiger partial charge is 0.396 e. The Labute approximate surface area is 143 Å². The number of thiazole rings is 1. The number of hydrogen-bond donors (Lipinski definition) is 0. The predicted octanol–water partition coefficient (Wildman–Crippen LogP) is 4.17. The van der Waals surface area contributed by atoms with Crippen molar-refractivity contribution in [1.82, 2.24) is 4.98 Å². The summed E-state index contributed by atoms with van der Waals surface area (Å²) in [4.78, 5) is 9.37. The molecule has 0 fully saturated rings. The van der Waals surface area contributed by atoms with Gasteiger partial charge in [-0.05, 0) is 19.3 Å². The number of halogens is 3. The van der Waals surface area contributed by atoms with Crippen LogP contribution in [0, 0.1) is 5.92 Å². The maximum Gasteiger partial charge on any atom is 0.301 e. The Morgan fingerprint density at radius 1 is 1.38 bits per heavy atom. The Morgan fingerprint density at radius 2 is 2.04 bits per heavy atom. The number of aromatic nitrogens is 1. The second kappa shape index (κ2) is 9.16. The summed E-state index contributed by atoms with van der Waals surface area (Å²) in [5, 5.41) is 3.88. The fraction of sp³-hybridized carbons (Fsp3) is 0.571. The van der Waals surface area contributed by atoms with Crippen LogP contribution in [0.5, 0.6) is 0 Å². The average Bonchev–Trinajstić information content (AvgIpc) is 2.99. The van der Waals surface area contributed by atoms with Gasteiger partial charge < -0.3 is 4.84 Å². The van der Waals surface area contributed by atoms with Crippen molar-refractivity contribution in [1.29, 1.82) is 0 Å². The summed E-state index contributed by atoms with van der Waals surface area (Å²) in [5.41, 5.74) is 0.457. The Kier molecular flexibility index (Phi) is 7.88. The van der Waals surface area contributed by atoms with Gasteiger partial charge in [0.05, 0.1) is 16.3 Å². The summed E-state index contributed by atoms with van der Waals surface area (Å²) in [5.74, 6) is -2.03. The lowest BCUT2D eigenvalue weighted by atomic mass is 10.1. The molecule has 0 saturated carbocycles. The molecule has 0 aliphatic carbocycles. The highest BCUT2D eigenvalue weighted by Crippen LogP contribution is 2.23. The van der Waals surface area contributed by atoms with E-state index < -0.39 is 33.9 Å². The molecule has 0 saturated heterocycles. The third-order valence-electron chi connectivity index (χ3n) is 2.89. The van der Waals surface area contributed by atoms with E-state index in [2.05, 4.69) is 10.1 Å². The summed E-state index contributed by atoms with van der Waals surface area (Å²) in [6, 6.07) is 0. The number of sulfone groups is 1. The lowest BCUT2D eigenvalue weighted by Gasteiger charge is -2.03. The summed E-state index contributed by atoms with van der Waals surface area (Å²) in [6.45, 7) is 6.18. The van der Waals surface area contributed by atoms with Gasteiger partial charge in [0, 0.05) is 12.6 Å². The number of oxime groups is 1. The van der Waals surface area contributed by atoms with Gasteiger partial charge in [0.15, 0.2) is 5.83 Å². The summed E-state index contributed by atoms with van der Waals surface area (Å²) < 4.78 is 60.4. The van der Waals surface area contributed by atoms with Crippen LogP contribution < -0.4 is 0 Å². The summed E-state index contributed by atoms with van der Waals surface area (Å²) >= 11 is 0.836. The van der Waals surface area contributed by atoms with Crippen molar-refractivity contribution in [2.75, 3.05) is 12.4 Å². The highest BCUT2D eigenvalue weighted by Gasteiger charge is 2.21. The van der Waals surface area contributed by atoms with Gasteiger partial charge in [-0.15, -0.1) is 11.3 Å². The average molecular weight is 384 g/mol. The fourth-order valence-electron chi connectivity index (χ4n) is 1.45. The van der Waals surface area contributed by atoms with Crippen LogP contribution >= 0.6 is 11.3 Å². The zero-order valence-corrected chi connectivity index (χ0v) is 15.2. The molecule has 0 aliphatic rings. The molecule has 1 heterocycles. The van der Waals surface area contributed by atoms with E-state index in [1.807, 2.05) is 13.8 Å². The molecular formula is C14H19F3N2O3S2. The van der Waals surface area contributed by atoms with E-state index in [4.69, 9.17) is 4.84 Å². The predicted molar refractivity (Wildman–Crippen MR) is 86.8 cm³/mol. The molecule has 0 aromatic carbocycles. The topological polar surface area (TPSA) is 68.6 Å². The first kappa shape index (κ1) is 20.6. The second-order valence-electron chi connectivity index (χ2n) is 5.42. The zero-order chi connectivity index (χ0) is 18.3. The molecule has 136 valence electrons. The Morgan fingerprint density at radius 3 is 2.62 bits per heavy atom. The van der Waals surface area contributed by atoms with Crippen molar-refractivity contribution in [3.05, 3.63) is 23.0 Å². The van der Waals surface area contributed by atoms with E-state index in [9.17, 15) is 21.6 Å². The molecule has 24 heavy (non-hydrogen) atoms. The van der Waals surface area contributed by atoms with Crippen LogP contribution in [0.1, 0.15) is 38.5 Å². The third-order valence-corrected chi connectivity index (χ3v) is 6.18. The molecule has 0 N–H and O–H groups in total. The van der Waals surface area contributed by atoms with Crippen LogP contribution in [0.15, 0.2) is 27.6 Å². The fourth-order valence-corrected chi connectivity index (χ4v) is 3.90. The van der Waals surface area contributed by atoms with Crippen LogP contribution in [0.25, 0.3) is 0 Å². The summed E-state index contributed by atoms with van der Waals surface area (Å²) in [6.07, 6.45) is -1.25. The molecule has 1 aromatic rings. The first-order valence-electron chi connectivity index (χ1n) is 7.18. The van der Waals surface area contributed by atoms with Crippen LogP contribution in [0.3, 0.4) is 0 Å². The van der Waals surface area contributed by atoms with Gasteiger partial charge in [0.1, 0.15) is 6.61 Å². The number of hydrogen-bond acceptors (Lipinski definition) is 6. The van der Waals surface area contributed by atoms with Crippen LogP contribution in [0.2, 0.25) is 0 Å². The smallest absolute Gasteiger partial charge is 0.301 e. The Bertz CT molecular complexity index is 709. The highest BCUT2D eigenvalue weighted by molar-refractivity contribution is 7.93. The maximum atomic E-state index is 12.7. The normalized spacial score (nSPS) is 12.5. The third kappa shape index (κ3) is 6.60. The highest BCUT2D eigenvalue weighted by atomic mass is 32.2. The molecule has 0 bridgehead atoms. The van der Waals surface area contributed by atoms with E-state index in [0.717, 1.165) is 17.8 Å². The number of rotatable bonds is 9. The molecule has 0 aliphatic heterocycles. The molecule has 10 heteroatoms. The van der Waals surface area contributed by atoms with Crippen molar-refractivity contribution < 1.29 is 26.4 Å². The lowest BCUT2D eigenvalue weighted by Crippen LogP contribution is -2.06. The van der Waals surface area contributed by atoms with E-state index in [1.165, 1.54) is 6.20 Å². The molecule has 0 radical (unpaired) electrons. The van der Waals surface area contributed by atoms with Crippen LogP contribution in [0.4, 0.5) is 13.2 Å². The van der Waals surface area contributed by atoms with Crippen molar-refractivity contribution >= 4 is 26.9 Å². The molecule has 0 unspecified atom stereocenters. The lowest BCUT2D eigenvalue weighted by molar-refractivity contribution is 0.133. The molecule has 0 atom stereocenters. The van der Waals surface area contributed by atoms with Gasteiger partial charge in [-0.25, -0.2) is 17.8 Å². The van der Waals surface area contributed by atoms with Crippen molar-refractivity contribution in [2.45, 2.75) is 38.0 Å².